The molecule has 0 atom stereocenters. The lowest BCUT2D eigenvalue weighted by Crippen LogP contribution is -2.63. The summed E-state index contributed by atoms with van der Waals surface area (Å²) in [6.45, 7) is 4.48. The zero-order valence-electron chi connectivity index (χ0n) is 18.5. The van der Waals surface area contributed by atoms with E-state index in [-0.39, 0.29) is 11.4 Å². The first kappa shape index (κ1) is 22.8. The fraction of sp³-hybridized carbons (Fsp3) is 0.458. The SMILES string of the molecule is CS(=O)(=O)Nc1cccc(C(=O)N2CCOCC23CCN(CCc2ccccc2)CC3)c1. The van der Waals surface area contributed by atoms with Crippen LogP contribution in [0, 0.1) is 0 Å². The van der Waals surface area contributed by atoms with Gasteiger partial charge in [0.25, 0.3) is 5.91 Å². The highest BCUT2D eigenvalue weighted by Crippen LogP contribution is 2.33. The molecule has 8 heteroatoms. The monoisotopic (exact) mass is 457 g/mol. The molecule has 0 unspecified atom stereocenters. The van der Waals surface area contributed by atoms with E-state index in [9.17, 15) is 13.2 Å². The summed E-state index contributed by atoms with van der Waals surface area (Å²) in [4.78, 5) is 17.9. The fourth-order valence-corrected chi connectivity index (χ4v) is 5.23. The lowest BCUT2D eigenvalue weighted by Gasteiger charge is -2.51. The minimum absolute atomic E-state index is 0.0665. The molecule has 2 aromatic carbocycles. The Labute approximate surface area is 190 Å². The van der Waals surface area contributed by atoms with E-state index in [1.54, 1.807) is 24.3 Å². The first-order valence-corrected chi connectivity index (χ1v) is 13.0. The van der Waals surface area contributed by atoms with Crippen molar-refractivity contribution in [3.63, 3.8) is 0 Å². The third kappa shape index (κ3) is 5.49. The Morgan fingerprint density at radius 3 is 2.53 bits per heavy atom. The minimum atomic E-state index is -3.40. The second-order valence-corrected chi connectivity index (χ2v) is 10.5. The smallest absolute Gasteiger partial charge is 0.254 e. The van der Waals surface area contributed by atoms with E-state index in [1.165, 1.54) is 5.56 Å². The van der Waals surface area contributed by atoms with Crippen LogP contribution in [0.4, 0.5) is 5.69 Å². The van der Waals surface area contributed by atoms with E-state index in [4.69, 9.17) is 4.74 Å². The van der Waals surface area contributed by atoms with Gasteiger partial charge in [0.2, 0.25) is 10.0 Å². The Morgan fingerprint density at radius 1 is 1.06 bits per heavy atom. The van der Waals surface area contributed by atoms with Crippen molar-refractivity contribution >= 4 is 21.6 Å². The van der Waals surface area contributed by atoms with Crippen LogP contribution in [-0.2, 0) is 21.2 Å². The number of nitrogens with zero attached hydrogens (tertiary/aromatic N) is 2. The van der Waals surface area contributed by atoms with E-state index in [0.717, 1.165) is 45.2 Å². The lowest BCUT2D eigenvalue weighted by atomic mass is 9.84. The molecule has 0 aromatic heterocycles. The predicted octanol–water partition coefficient (Wildman–Crippen LogP) is 2.61. The molecule has 2 aliphatic rings. The Morgan fingerprint density at radius 2 is 1.81 bits per heavy atom. The largest absolute Gasteiger partial charge is 0.377 e. The van der Waals surface area contributed by atoms with Crippen LogP contribution in [0.1, 0.15) is 28.8 Å². The second kappa shape index (κ2) is 9.60. The number of benzene rings is 2. The van der Waals surface area contributed by atoms with Crippen molar-refractivity contribution < 1.29 is 17.9 Å². The molecular weight excluding hydrogens is 426 g/mol. The van der Waals surface area contributed by atoms with Crippen LogP contribution in [0.3, 0.4) is 0 Å². The summed E-state index contributed by atoms with van der Waals surface area (Å²) in [6, 6.07) is 17.2. The maximum absolute atomic E-state index is 13.5. The number of ether oxygens (including phenoxy) is 1. The molecule has 1 spiro atoms. The number of morpholine rings is 1. The molecule has 2 aliphatic heterocycles. The first-order valence-electron chi connectivity index (χ1n) is 11.1. The van der Waals surface area contributed by atoms with Crippen molar-refractivity contribution in [3.05, 3.63) is 65.7 Å². The molecule has 0 saturated carbocycles. The van der Waals surface area contributed by atoms with Crippen molar-refractivity contribution in [1.29, 1.82) is 0 Å². The van der Waals surface area contributed by atoms with Gasteiger partial charge in [-0.2, -0.15) is 0 Å². The summed E-state index contributed by atoms with van der Waals surface area (Å²) in [5.74, 6) is -0.0665. The van der Waals surface area contributed by atoms with Crippen LogP contribution in [0.15, 0.2) is 54.6 Å². The van der Waals surface area contributed by atoms with Gasteiger partial charge >= 0.3 is 0 Å². The second-order valence-electron chi connectivity index (χ2n) is 8.77. The number of hydrogen-bond acceptors (Lipinski definition) is 5. The number of sulfonamides is 1. The molecule has 0 radical (unpaired) electrons. The molecule has 0 aliphatic carbocycles. The molecule has 172 valence electrons. The Bertz CT molecular complexity index is 1030. The fourth-order valence-electron chi connectivity index (χ4n) is 4.67. The third-order valence-corrected chi connectivity index (χ3v) is 7.01. The van der Waals surface area contributed by atoms with Gasteiger partial charge in [-0.15, -0.1) is 0 Å². The molecular formula is C24H31N3O4S. The highest BCUT2D eigenvalue weighted by Gasteiger charge is 2.44. The normalized spacial score (nSPS) is 19.1. The number of nitrogens with one attached hydrogen (secondary N) is 1. The van der Waals surface area contributed by atoms with Gasteiger partial charge in [-0.25, -0.2) is 8.42 Å². The Balaban J connectivity index is 1.43. The van der Waals surface area contributed by atoms with Gasteiger partial charge < -0.3 is 14.5 Å². The summed E-state index contributed by atoms with van der Waals surface area (Å²) >= 11 is 0. The molecule has 2 heterocycles. The average molecular weight is 458 g/mol. The van der Waals surface area contributed by atoms with Crippen LogP contribution in [0.5, 0.6) is 0 Å². The summed E-state index contributed by atoms with van der Waals surface area (Å²) in [5, 5.41) is 0. The van der Waals surface area contributed by atoms with E-state index < -0.39 is 10.0 Å². The third-order valence-electron chi connectivity index (χ3n) is 6.41. The van der Waals surface area contributed by atoms with E-state index >= 15 is 0 Å². The number of rotatable bonds is 6. The Hall–Kier alpha value is -2.42. The van der Waals surface area contributed by atoms with Crippen molar-refractivity contribution in [2.75, 3.05) is 50.4 Å². The van der Waals surface area contributed by atoms with Crippen LogP contribution in [0.25, 0.3) is 0 Å². The van der Waals surface area contributed by atoms with Gasteiger partial charge in [-0.05, 0) is 43.0 Å². The van der Waals surface area contributed by atoms with Crippen molar-refractivity contribution in [2.45, 2.75) is 24.8 Å². The lowest BCUT2D eigenvalue weighted by molar-refractivity contribution is -0.0775. The maximum atomic E-state index is 13.5. The molecule has 1 N–H and O–H groups in total. The van der Waals surface area contributed by atoms with Gasteiger partial charge in [-0.3, -0.25) is 9.52 Å². The molecule has 2 fully saturated rings. The molecule has 0 bridgehead atoms. The summed E-state index contributed by atoms with van der Waals surface area (Å²) < 4.78 is 31.4. The summed E-state index contributed by atoms with van der Waals surface area (Å²) in [6.07, 6.45) is 3.86. The van der Waals surface area contributed by atoms with Crippen molar-refractivity contribution in [3.8, 4) is 0 Å². The number of amides is 1. The highest BCUT2D eigenvalue weighted by atomic mass is 32.2. The maximum Gasteiger partial charge on any atom is 0.254 e. The number of anilines is 1. The van der Waals surface area contributed by atoms with E-state index in [1.807, 2.05) is 11.0 Å². The molecule has 2 aromatic rings. The standard InChI is InChI=1S/C24H31N3O4S/c1-32(29,30)25-22-9-5-8-21(18-22)23(28)27-16-17-31-19-24(27)11-14-26(15-12-24)13-10-20-6-3-2-4-7-20/h2-9,18,25H,10-17,19H2,1H3. The quantitative estimate of drug-likeness (QED) is 0.721. The van der Waals surface area contributed by atoms with E-state index in [2.05, 4.69) is 33.9 Å². The zero-order valence-corrected chi connectivity index (χ0v) is 19.3. The van der Waals surface area contributed by atoms with Crippen LogP contribution in [0.2, 0.25) is 0 Å². The summed E-state index contributed by atoms with van der Waals surface area (Å²) in [7, 11) is -3.40. The molecule has 1 amide bonds. The van der Waals surface area contributed by atoms with Crippen molar-refractivity contribution in [1.82, 2.24) is 9.80 Å². The van der Waals surface area contributed by atoms with Gasteiger partial charge in [0.15, 0.2) is 0 Å². The van der Waals surface area contributed by atoms with Crippen LogP contribution in [-0.4, -0.2) is 75.3 Å². The molecule has 32 heavy (non-hydrogen) atoms. The predicted molar refractivity (Wildman–Crippen MR) is 125 cm³/mol. The van der Waals surface area contributed by atoms with Gasteiger partial charge in [0.05, 0.1) is 25.0 Å². The average Bonchev–Trinajstić information content (AvgIpc) is 2.78. The van der Waals surface area contributed by atoms with Crippen LogP contribution >= 0.6 is 0 Å². The van der Waals surface area contributed by atoms with Gasteiger partial charge in [-0.1, -0.05) is 36.4 Å². The van der Waals surface area contributed by atoms with Gasteiger partial charge in [0.1, 0.15) is 0 Å². The topological polar surface area (TPSA) is 79.0 Å². The Kier molecular flexibility index (Phi) is 6.83. The number of likely N-dealkylation sites (tertiary alicyclic amines) is 1. The molecule has 4 rings (SSSR count). The van der Waals surface area contributed by atoms with E-state index in [0.29, 0.717) is 31.0 Å². The number of carbonyl (C=O) groups excluding carboxylic acids is 1. The molecule has 7 nitrogen and oxygen atoms in total. The number of piperidine rings is 1. The minimum Gasteiger partial charge on any atom is -0.377 e. The zero-order chi connectivity index (χ0) is 22.6. The molecule has 2 saturated heterocycles. The summed E-state index contributed by atoms with van der Waals surface area (Å²) in [5.41, 5.74) is 1.93. The number of hydrogen-bond donors (Lipinski definition) is 1. The number of carbonyl (C=O) groups is 1. The van der Waals surface area contributed by atoms with Crippen molar-refractivity contribution in [2.24, 2.45) is 0 Å². The van der Waals surface area contributed by atoms with Gasteiger partial charge in [0, 0.05) is 37.4 Å². The van der Waals surface area contributed by atoms with Crippen LogP contribution < -0.4 is 4.72 Å². The first-order chi connectivity index (χ1) is 15.3. The highest BCUT2D eigenvalue weighted by molar-refractivity contribution is 7.92.